The van der Waals surface area contributed by atoms with Crippen LogP contribution in [0, 0.1) is 13.8 Å². The van der Waals surface area contributed by atoms with Crippen LogP contribution in [0.4, 0.5) is 5.82 Å². The highest BCUT2D eigenvalue weighted by molar-refractivity contribution is 6.51. The number of carbonyl (C=O) groups is 2. The van der Waals surface area contributed by atoms with Crippen molar-refractivity contribution in [1.29, 1.82) is 0 Å². The Morgan fingerprint density at radius 1 is 0.897 bits per heavy atom. The van der Waals surface area contributed by atoms with Crippen molar-refractivity contribution in [3.8, 4) is 0 Å². The Bertz CT molecular complexity index is 1100. The predicted octanol–water partition coefficient (Wildman–Crippen LogP) is 4.32. The van der Waals surface area contributed by atoms with Crippen molar-refractivity contribution in [2.75, 3.05) is 4.90 Å². The van der Waals surface area contributed by atoms with Crippen LogP contribution in [0.25, 0.3) is 5.76 Å². The van der Waals surface area contributed by atoms with Crippen LogP contribution in [-0.2, 0) is 9.59 Å². The zero-order valence-corrected chi connectivity index (χ0v) is 16.2. The van der Waals surface area contributed by atoms with Crippen LogP contribution < -0.4 is 4.90 Å². The highest BCUT2D eigenvalue weighted by Gasteiger charge is 2.47. The van der Waals surface area contributed by atoms with Crippen molar-refractivity contribution in [3.05, 3.63) is 101 Å². The van der Waals surface area contributed by atoms with Crippen molar-refractivity contribution in [1.82, 2.24) is 4.98 Å². The molecular formula is C24H20N2O3. The zero-order chi connectivity index (χ0) is 20.5. The van der Waals surface area contributed by atoms with Gasteiger partial charge in [-0.2, -0.15) is 0 Å². The first-order chi connectivity index (χ1) is 14.0. The van der Waals surface area contributed by atoms with Gasteiger partial charge in [-0.3, -0.25) is 14.5 Å². The van der Waals surface area contributed by atoms with Crippen LogP contribution in [0.2, 0.25) is 0 Å². The quantitative estimate of drug-likeness (QED) is 0.415. The lowest BCUT2D eigenvalue weighted by Gasteiger charge is -2.24. The molecule has 1 fully saturated rings. The van der Waals surface area contributed by atoms with Crippen molar-refractivity contribution >= 4 is 23.3 Å². The van der Waals surface area contributed by atoms with E-state index in [9.17, 15) is 14.7 Å². The molecule has 0 spiro atoms. The topological polar surface area (TPSA) is 70.5 Å². The number of pyridine rings is 1. The minimum absolute atomic E-state index is 0.0633. The number of aliphatic hydroxyl groups excluding tert-OH is 1. The van der Waals surface area contributed by atoms with Gasteiger partial charge in [0.25, 0.3) is 5.78 Å². The lowest BCUT2D eigenvalue weighted by molar-refractivity contribution is -0.132. The molecule has 3 aromatic rings. The second kappa shape index (κ2) is 7.36. The fourth-order valence-corrected chi connectivity index (χ4v) is 3.50. The number of aliphatic hydroxyl groups is 1. The van der Waals surface area contributed by atoms with Gasteiger partial charge in [0.2, 0.25) is 0 Å². The summed E-state index contributed by atoms with van der Waals surface area (Å²) < 4.78 is 0. The summed E-state index contributed by atoms with van der Waals surface area (Å²) in [6.07, 6.45) is 1.57. The number of carbonyl (C=O) groups excluding carboxylic acids is 2. The maximum absolute atomic E-state index is 13.0. The number of rotatable bonds is 3. The minimum Gasteiger partial charge on any atom is -0.507 e. The number of anilines is 1. The molecule has 2 heterocycles. The molecule has 29 heavy (non-hydrogen) atoms. The van der Waals surface area contributed by atoms with Crippen molar-refractivity contribution in [3.63, 3.8) is 0 Å². The Balaban J connectivity index is 1.94. The standard InChI is InChI=1S/C24H20N2O3/c1-15-6-10-17(11-7-15)21-20(22(27)18-12-8-16(2)9-13-18)23(28)24(29)26(21)19-5-3-4-14-25-19/h3-14,21,27H,1-2H3/b22-20+/t21-/m1/s1. The molecule has 0 radical (unpaired) electrons. The van der Waals surface area contributed by atoms with E-state index in [0.717, 1.165) is 16.7 Å². The van der Waals surface area contributed by atoms with Gasteiger partial charge in [-0.1, -0.05) is 65.7 Å². The van der Waals surface area contributed by atoms with E-state index in [4.69, 9.17) is 0 Å². The van der Waals surface area contributed by atoms with Gasteiger partial charge < -0.3 is 5.11 Å². The summed E-state index contributed by atoms with van der Waals surface area (Å²) in [5.74, 6) is -1.25. The number of aromatic nitrogens is 1. The summed E-state index contributed by atoms with van der Waals surface area (Å²) in [4.78, 5) is 31.6. The van der Waals surface area contributed by atoms with E-state index < -0.39 is 17.7 Å². The second-order valence-corrected chi connectivity index (χ2v) is 7.13. The summed E-state index contributed by atoms with van der Waals surface area (Å²) in [6, 6.07) is 19.2. The molecule has 0 saturated carbocycles. The SMILES string of the molecule is Cc1ccc(/C(O)=C2\C(=O)C(=O)N(c3ccccn3)[C@@H]2c2ccc(C)cc2)cc1. The molecule has 1 atom stereocenters. The Kier molecular flexibility index (Phi) is 4.72. The summed E-state index contributed by atoms with van der Waals surface area (Å²) in [5, 5.41) is 11.0. The number of hydrogen-bond donors (Lipinski definition) is 1. The number of Topliss-reactive ketones (excluding diaryl/α,β-unsaturated/α-hetero) is 1. The molecule has 1 N–H and O–H groups in total. The van der Waals surface area contributed by atoms with Gasteiger partial charge in [-0.05, 0) is 31.5 Å². The number of ketones is 1. The Morgan fingerprint density at radius 3 is 2.10 bits per heavy atom. The van der Waals surface area contributed by atoms with Gasteiger partial charge in [0.15, 0.2) is 0 Å². The highest BCUT2D eigenvalue weighted by Crippen LogP contribution is 2.41. The van der Waals surface area contributed by atoms with Gasteiger partial charge in [0.1, 0.15) is 11.6 Å². The Morgan fingerprint density at radius 2 is 1.52 bits per heavy atom. The van der Waals surface area contributed by atoms with Gasteiger partial charge in [-0.15, -0.1) is 0 Å². The number of benzene rings is 2. The largest absolute Gasteiger partial charge is 0.507 e. The van der Waals surface area contributed by atoms with E-state index in [1.54, 1.807) is 36.5 Å². The van der Waals surface area contributed by atoms with E-state index in [-0.39, 0.29) is 11.3 Å². The number of hydrogen-bond acceptors (Lipinski definition) is 4. The molecule has 1 aliphatic rings. The molecular weight excluding hydrogens is 364 g/mol. The minimum atomic E-state index is -0.758. The molecule has 0 bridgehead atoms. The van der Waals surface area contributed by atoms with Crippen LogP contribution in [0.3, 0.4) is 0 Å². The molecule has 0 aliphatic carbocycles. The van der Waals surface area contributed by atoms with Crippen LogP contribution in [-0.4, -0.2) is 21.8 Å². The zero-order valence-electron chi connectivity index (χ0n) is 16.2. The monoisotopic (exact) mass is 384 g/mol. The average molecular weight is 384 g/mol. The smallest absolute Gasteiger partial charge is 0.301 e. The van der Waals surface area contributed by atoms with E-state index in [1.807, 2.05) is 50.2 Å². The van der Waals surface area contributed by atoms with Gasteiger partial charge in [0.05, 0.1) is 11.6 Å². The first kappa shape index (κ1) is 18.6. The third-order valence-electron chi connectivity index (χ3n) is 5.06. The number of amides is 1. The van der Waals surface area contributed by atoms with E-state index >= 15 is 0 Å². The maximum Gasteiger partial charge on any atom is 0.301 e. The molecule has 5 nitrogen and oxygen atoms in total. The van der Waals surface area contributed by atoms with Crippen LogP contribution >= 0.6 is 0 Å². The Hall–Kier alpha value is -3.73. The van der Waals surface area contributed by atoms with E-state index in [2.05, 4.69) is 4.98 Å². The normalized spacial score (nSPS) is 18.3. The molecule has 0 unspecified atom stereocenters. The van der Waals surface area contributed by atoms with Gasteiger partial charge >= 0.3 is 5.91 Å². The summed E-state index contributed by atoms with van der Waals surface area (Å²) in [7, 11) is 0. The fraction of sp³-hybridized carbons (Fsp3) is 0.125. The molecule has 2 aromatic carbocycles. The van der Waals surface area contributed by atoms with Crippen LogP contribution in [0.5, 0.6) is 0 Å². The van der Waals surface area contributed by atoms with Crippen LogP contribution in [0.15, 0.2) is 78.5 Å². The van der Waals surface area contributed by atoms with Crippen molar-refractivity contribution in [2.45, 2.75) is 19.9 Å². The third-order valence-corrected chi connectivity index (χ3v) is 5.06. The number of aryl methyl sites for hydroxylation is 2. The molecule has 1 saturated heterocycles. The second-order valence-electron chi connectivity index (χ2n) is 7.13. The maximum atomic E-state index is 13.0. The van der Waals surface area contributed by atoms with Crippen molar-refractivity contribution < 1.29 is 14.7 Å². The Labute approximate surface area is 169 Å². The molecule has 1 aromatic heterocycles. The average Bonchev–Trinajstić information content (AvgIpc) is 3.00. The van der Waals surface area contributed by atoms with E-state index in [1.165, 1.54) is 4.90 Å². The third kappa shape index (κ3) is 3.31. The molecule has 1 aliphatic heterocycles. The number of nitrogens with zero attached hydrogens (tertiary/aromatic N) is 2. The lowest BCUT2D eigenvalue weighted by Crippen LogP contribution is -2.30. The molecule has 1 amide bonds. The van der Waals surface area contributed by atoms with Crippen LogP contribution in [0.1, 0.15) is 28.3 Å². The van der Waals surface area contributed by atoms with E-state index in [0.29, 0.717) is 11.4 Å². The van der Waals surface area contributed by atoms with Gasteiger partial charge in [-0.25, -0.2) is 4.98 Å². The highest BCUT2D eigenvalue weighted by atomic mass is 16.3. The van der Waals surface area contributed by atoms with Gasteiger partial charge in [0, 0.05) is 11.8 Å². The first-order valence-electron chi connectivity index (χ1n) is 9.33. The first-order valence-corrected chi connectivity index (χ1v) is 9.33. The summed E-state index contributed by atoms with van der Waals surface area (Å²) in [5.41, 5.74) is 3.38. The lowest BCUT2D eigenvalue weighted by atomic mass is 9.94. The molecule has 4 rings (SSSR count). The predicted molar refractivity (Wildman–Crippen MR) is 111 cm³/mol. The summed E-state index contributed by atoms with van der Waals surface area (Å²) in [6.45, 7) is 3.90. The summed E-state index contributed by atoms with van der Waals surface area (Å²) >= 11 is 0. The fourth-order valence-electron chi connectivity index (χ4n) is 3.50. The molecule has 5 heteroatoms. The van der Waals surface area contributed by atoms with Crippen molar-refractivity contribution in [2.24, 2.45) is 0 Å². The molecule has 144 valence electrons.